The first-order valence-electron chi connectivity index (χ1n) is 4.76. The molecule has 0 N–H and O–H groups in total. The molecule has 0 aliphatic carbocycles. The zero-order valence-corrected chi connectivity index (χ0v) is 9.05. The Kier molecular flexibility index (Phi) is 4.22. The first-order chi connectivity index (χ1) is 7.60. The number of halogens is 2. The summed E-state index contributed by atoms with van der Waals surface area (Å²) in [4.78, 5) is 11.2. The molecule has 0 aromatic heterocycles. The van der Waals surface area contributed by atoms with Crippen LogP contribution in [0.25, 0.3) is 0 Å². The lowest BCUT2D eigenvalue weighted by Crippen LogP contribution is -2.10. The van der Waals surface area contributed by atoms with Crippen LogP contribution in [-0.4, -0.2) is 19.7 Å². The van der Waals surface area contributed by atoms with Gasteiger partial charge in [-0.2, -0.15) is 0 Å². The fourth-order valence-electron chi connectivity index (χ4n) is 1.32. The normalized spacial score (nSPS) is 10.0. The highest BCUT2D eigenvalue weighted by atomic mass is 19.1. The van der Waals surface area contributed by atoms with Crippen molar-refractivity contribution in [3.63, 3.8) is 0 Å². The van der Waals surface area contributed by atoms with Gasteiger partial charge < -0.3 is 9.47 Å². The van der Waals surface area contributed by atoms with Crippen molar-refractivity contribution in [2.45, 2.75) is 13.3 Å². The lowest BCUT2D eigenvalue weighted by atomic mass is 10.1. The van der Waals surface area contributed by atoms with Crippen LogP contribution in [-0.2, 0) is 16.0 Å². The molecule has 0 unspecified atom stereocenters. The highest BCUT2D eigenvalue weighted by Gasteiger charge is 2.17. The van der Waals surface area contributed by atoms with Crippen LogP contribution >= 0.6 is 0 Å². The molecule has 0 saturated carbocycles. The third-order valence-electron chi connectivity index (χ3n) is 1.99. The number of carbonyl (C=O) groups is 1. The third kappa shape index (κ3) is 2.68. The number of ether oxygens (including phenoxy) is 2. The molecule has 0 radical (unpaired) electrons. The first-order valence-corrected chi connectivity index (χ1v) is 4.76. The summed E-state index contributed by atoms with van der Waals surface area (Å²) < 4.78 is 36.0. The van der Waals surface area contributed by atoms with Gasteiger partial charge in [-0.15, -0.1) is 0 Å². The standard InChI is InChI=1S/C11H12F2O3/c1-3-16-10(14)6-7-8(12)4-5-9(13)11(7)15-2/h4-5H,3,6H2,1-2H3. The summed E-state index contributed by atoms with van der Waals surface area (Å²) in [5, 5.41) is 0. The molecule has 3 nitrogen and oxygen atoms in total. The van der Waals surface area contributed by atoms with E-state index in [1.54, 1.807) is 6.92 Å². The van der Waals surface area contributed by atoms with Gasteiger partial charge in [0.25, 0.3) is 0 Å². The minimum absolute atomic E-state index is 0.124. The molecule has 0 heterocycles. The molecule has 0 fully saturated rings. The molecule has 0 bridgehead atoms. The average molecular weight is 230 g/mol. The second-order valence-electron chi connectivity index (χ2n) is 3.02. The van der Waals surface area contributed by atoms with E-state index in [1.807, 2.05) is 0 Å². The lowest BCUT2D eigenvalue weighted by molar-refractivity contribution is -0.142. The van der Waals surface area contributed by atoms with Crippen molar-refractivity contribution < 1.29 is 23.0 Å². The molecule has 5 heteroatoms. The minimum atomic E-state index is -0.705. The van der Waals surface area contributed by atoms with E-state index in [4.69, 9.17) is 4.74 Å². The van der Waals surface area contributed by atoms with Gasteiger partial charge in [0.2, 0.25) is 0 Å². The maximum atomic E-state index is 13.4. The van der Waals surface area contributed by atoms with Crippen LogP contribution in [0, 0.1) is 11.6 Å². The van der Waals surface area contributed by atoms with E-state index in [0.717, 1.165) is 12.1 Å². The Morgan fingerprint density at radius 2 is 1.94 bits per heavy atom. The molecule has 0 aliphatic heterocycles. The average Bonchev–Trinajstić information content (AvgIpc) is 2.24. The van der Waals surface area contributed by atoms with E-state index in [-0.39, 0.29) is 24.3 Å². The van der Waals surface area contributed by atoms with Crippen molar-refractivity contribution in [1.82, 2.24) is 0 Å². The predicted octanol–water partition coefficient (Wildman–Crippen LogP) is 2.08. The zero-order valence-electron chi connectivity index (χ0n) is 9.05. The number of hydrogen-bond acceptors (Lipinski definition) is 3. The largest absolute Gasteiger partial charge is 0.493 e. The van der Waals surface area contributed by atoms with Crippen molar-refractivity contribution in [2.75, 3.05) is 13.7 Å². The van der Waals surface area contributed by atoms with Crippen molar-refractivity contribution in [3.8, 4) is 5.75 Å². The maximum absolute atomic E-state index is 13.4. The van der Waals surface area contributed by atoms with Gasteiger partial charge in [-0.1, -0.05) is 0 Å². The lowest BCUT2D eigenvalue weighted by Gasteiger charge is -2.09. The van der Waals surface area contributed by atoms with Gasteiger partial charge in [0.15, 0.2) is 11.6 Å². The number of benzene rings is 1. The van der Waals surface area contributed by atoms with Crippen LogP contribution in [0.3, 0.4) is 0 Å². The molecule has 1 aromatic rings. The molecule has 0 spiro atoms. The van der Waals surface area contributed by atoms with Gasteiger partial charge in [0.1, 0.15) is 5.82 Å². The number of methoxy groups -OCH3 is 1. The highest BCUT2D eigenvalue weighted by Crippen LogP contribution is 2.25. The van der Waals surface area contributed by atoms with Gasteiger partial charge in [-0.25, -0.2) is 8.78 Å². The number of carbonyl (C=O) groups excluding carboxylic acids is 1. The molecule has 1 aromatic carbocycles. The van der Waals surface area contributed by atoms with E-state index in [1.165, 1.54) is 7.11 Å². The fraction of sp³-hybridized carbons (Fsp3) is 0.364. The molecule has 88 valence electrons. The Balaban J connectivity index is 3.01. The van der Waals surface area contributed by atoms with Gasteiger partial charge in [0, 0.05) is 5.56 Å². The highest BCUT2D eigenvalue weighted by molar-refractivity contribution is 5.73. The Morgan fingerprint density at radius 3 is 2.50 bits per heavy atom. The van der Waals surface area contributed by atoms with E-state index >= 15 is 0 Å². The second kappa shape index (κ2) is 5.44. The summed E-state index contributed by atoms with van der Waals surface area (Å²) in [6.45, 7) is 1.83. The Bertz CT molecular complexity index is 391. The first kappa shape index (κ1) is 12.4. The minimum Gasteiger partial charge on any atom is -0.493 e. The molecule has 0 atom stereocenters. The summed E-state index contributed by atoms with van der Waals surface area (Å²) >= 11 is 0. The van der Waals surface area contributed by atoms with Gasteiger partial charge in [0.05, 0.1) is 20.1 Å². The maximum Gasteiger partial charge on any atom is 0.310 e. The number of esters is 1. The van der Waals surface area contributed by atoms with E-state index < -0.39 is 17.6 Å². The van der Waals surface area contributed by atoms with Gasteiger partial charge >= 0.3 is 5.97 Å². The Morgan fingerprint density at radius 1 is 1.31 bits per heavy atom. The van der Waals surface area contributed by atoms with Gasteiger partial charge in [-0.05, 0) is 19.1 Å². The summed E-state index contributed by atoms with van der Waals surface area (Å²) in [5.41, 5.74) is -0.124. The summed E-state index contributed by atoms with van der Waals surface area (Å²) in [7, 11) is 1.21. The van der Waals surface area contributed by atoms with Crippen molar-refractivity contribution in [3.05, 3.63) is 29.3 Å². The van der Waals surface area contributed by atoms with Crippen molar-refractivity contribution in [2.24, 2.45) is 0 Å². The van der Waals surface area contributed by atoms with Crippen molar-refractivity contribution in [1.29, 1.82) is 0 Å². The van der Waals surface area contributed by atoms with Crippen LogP contribution in [0.15, 0.2) is 12.1 Å². The van der Waals surface area contributed by atoms with Crippen LogP contribution in [0.1, 0.15) is 12.5 Å². The van der Waals surface area contributed by atoms with E-state index in [9.17, 15) is 13.6 Å². The molecule has 0 aliphatic rings. The fourth-order valence-corrected chi connectivity index (χ4v) is 1.32. The molecular formula is C11H12F2O3. The number of rotatable bonds is 4. The smallest absolute Gasteiger partial charge is 0.310 e. The molecule has 0 saturated heterocycles. The van der Waals surface area contributed by atoms with Crippen LogP contribution in [0.4, 0.5) is 8.78 Å². The van der Waals surface area contributed by atoms with Crippen molar-refractivity contribution >= 4 is 5.97 Å². The zero-order chi connectivity index (χ0) is 12.1. The Labute approximate surface area is 92.0 Å². The SMILES string of the molecule is CCOC(=O)Cc1c(F)ccc(F)c1OC. The monoisotopic (exact) mass is 230 g/mol. The summed E-state index contributed by atoms with van der Waals surface area (Å²) in [6.07, 6.45) is -0.347. The third-order valence-corrected chi connectivity index (χ3v) is 1.99. The van der Waals surface area contributed by atoms with E-state index in [2.05, 4.69) is 4.74 Å². The van der Waals surface area contributed by atoms with Crippen LogP contribution < -0.4 is 4.74 Å². The molecular weight excluding hydrogens is 218 g/mol. The predicted molar refractivity (Wildman–Crippen MR) is 53.2 cm³/mol. The molecule has 16 heavy (non-hydrogen) atoms. The topological polar surface area (TPSA) is 35.5 Å². The van der Waals surface area contributed by atoms with Crippen LogP contribution in [0.5, 0.6) is 5.75 Å². The molecule has 1 rings (SSSR count). The Hall–Kier alpha value is -1.65. The molecule has 0 amide bonds. The van der Waals surface area contributed by atoms with E-state index in [0.29, 0.717) is 0 Å². The quantitative estimate of drug-likeness (QED) is 0.743. The second-order valence-corrected chi connectivity index (χ2v) is 3.02. The number of hydrogen-bond donors (Lipinski definition) is 0. The summed E-state index contributed by atoms with van der Waals surface area (Å²) in [5.74, 6) is -2.27. The van der Waals surface area contributed by atoms with Gasteiger partial charge in [-0.3, -0.25) is 4.79 Å². The van der Waals surface area contributed by atoms with Crippen LogP contribution in [0.2, 0.25) is 0 Å². The summed E-state index contributed by atoms with van der Waals surface area (Å²) in [6, 6.07) is 1.90.